The summed E-state index contributed by atoms with van der Waals surface area (Å²) in [5.41, 5.74) is 0. The zero-order valence-electron chi connectivity index (χ0n) is 8.51. The normalized spacial score (nSPS) is 9.93. The Balaban J connectivity index is 2.62. The van der Waals surface area contributed by atoms with Crippen molar-refractivity contribution in [1.82, 2.24) is 25.5 Å². The summed E-state index contributed by atoms with van der Waals surface area (Å²) in [6, 6.07) is 0. The predicted molar refractivity (Wildman–Crippen MR) is 52.2 cm³/mol. The van der Waals surface area contributed by atoms with E-state index in [0.29, 0.717) is 19.7 Å². The number of tetrazole rings is 1. The molecule has 1 amide bonds. The van der Waals surface area contributed by atoms with E-state index in [0.717, 1.165) is 0 Å². The van der Waals surface area contributed by atoms with E-state index in [1.54, 1.807) is 13.2 Å². The van der Waals surface area contributed by atoms with Gasteiger partial charge < -0.3 is 9.64 Å². The maximum Gasteiger partial charge on any atom is 0.295 e. The maximum atomic E-state index is 11.7. The van der Waals surface area contributed by atoms with Crippen LogP contribution in [0.2, 0.25) is 0 Å². The molecule has 0 unspecified atom stereocenters. The average Bonchev–Trinajstić information content (AvgIpc) is 2.76. The Kier molecular flexibility index (Phi) is 4.42. The zero-order chi connectivity index (χ0) is 11.1. The number of nitrogens with zero attached hydrogens (tertiary/aromatic N) is 4. The molecule has 1 heterocycles. The molecule has 0 radical (unpaired) electrons. The van der Waals surface area contributed by atoms with Gasteiger partial charge in [-0.1, -0.05) is 6.08 Å². The molecule has 0 saturated carbocycles. The van der Waals surface area contributed by atoms with Gasteiger partial charge in [0, 0.05) is 20.2 Å². The number of hydrogen-bond donors (Lipinski definition) is 1. The average molecular weight is 211 g/mol. The van der Waals surface area contributed by atoms with Crippen LogP contribution in [0, 0.1) is 0 Å². The Bertz CT molecular complexity index is 311. The molecular weight excluding hydrogens is 198 g/mol. The topological polar surface area (TPSA) is 84.0 Å². The summed E-state index contributed by atoms with van der Waals surface area (Å²) >= 11 is 0. The quantitative estimate of drug-likeness (QED) is 0.640. The van der Waals surface area contributed by atoms with Gasteiger partial charge in [0.1, 0.15) is 0 Å². The van der Waals surface area contributed by atoms with Crippen molar-refractivity contribution in [3.05, 3.63) is 18.5 Å². The number of methoxy groups -OCH3 is 1. The summed E-state index contributed by atoms with van der Waals surface area (Å²) in [7, 11) is 1.57. The molecule has 0 atom stereocenters. The minimum absolute atomic E-state index is 0.0490. The first-order chi connectivity index (χ1) is 7.29. The van der Waals surface area contributed by atoms with E-state index in [-0.39, 0.29) is 11.7 Å². The molecule has 15 heavy (non-hydrogen) atoms. The Morgan fingerprint density at radius 1 is 1.73 bits per heavy atom. The number of carbonyl (C=O) groups excluding carboxylic acids is 1. The van der Waals surface area contributed by atoms with Crippen LogP contribution in [0.4, 0.5) is 0 Å². The zero-order valence-corrected chi connectivity index (χ0v) is 8.51. The van der Waals surface area contributed by atoms with Gasteiger partial charge in [0.2, 0.25) is 0 Å². The molecule has 1 aromatic rings. The van der Waals surface area contributed by atoms with Gasteiger partial charge >= 0.3 is 0 Å². The predicted octanol–water partition coefficient (Wildman–Crippen LogP) is -0.526. The molecule has 0 fully saturated rings. The molecular formula is C8H13N5O2. The van der Waals surface area contributed by atoms with E-state index in [9.17, 15) is 4.79 Å². The van der Waals surface area contributed by atoms with E-state index in [2.05, 4.69) is 27.2 Å². The summed E-state index contributed by atoms with van der Waals surface area (Å²) in [6.07, 6.45) is 1.63. The molecule has 0 saturated heterocycles. The third-order valence-corrected chi connectivity index (χ3v) is 1.74. The lowest BCUT2D eigenvalue weighted by molar-refractivity contribution is 0.0706. The number of rotatable bonds is 6. The smallest absolute Gasteiger partial charge is 0.295 e. The first-order valence-corrected chi connectivity index (χ1v) is 4.42. The lowest BCUT2D eigenvalue weighted by Gasteiger charge is -2.18. The summed E-state index contributed by atoms with van der Waals surface area (Å²) in [6.45, 7) is 4.92. The second kappa shape index (κ2) is 5.86. The highest BCUT2D eigenvalue weighted by molar-refractivity contribution is 5.90. The van der Waals surface area contributed by atoms with Crippen LogP contribution >= 0.6 is 0 Å². The number of H-pyrrole nitrogens is 1. The second-order valence-electron chi connectivity index (χ2n) is 2.77. The fraction of sp³-hybridized carbons (Fsp3) is 0.500. The summed E-state index contributed by atoms with van der Waals surface area (Å²) < 4.78 is 4.89. The van der Waals surface area contributed by atoms with Crippen molar-refractivity contribution in [1.29, 1.82) is 0 Å². The lowest BCUT2D eigenvalue weighted by Crippen LogP contribution is -2.34. The Hall–Kier alpha value is -1.76. The molecule has 0 aromatic carbocycles. The summed E-state index contributed by atoms with van der Waals surface area (Å²) in [5, 5.41) is 12.8. The van der Waals surface area contributed by atoms with Gasteiger partial charge in [-0.2, -0.15) is 5.21 Å². The molecule has 1 rings (SSSR count). The molecule has 1 aromatic heterocycles. The van der Waals surface area contributed by atoms with Crippen LogP contribution in [0.3, 0.4) is 0 Å². The Labute approximate surface area is 87.1 Å². The molecule has 0 aliphatic heterocycles. The molecule has 82 valence electrons. The van der Waals surface area contributed by atoms with Gasteiger partial charge in [-0.15, -0.1) is 16.8 Å². The third kappa shape index (κ3) is 3.13. The summed E-state index contributed by atoms with van der Waals surface area (Å²) in [4.78, 5) is 13.3. The highest BCUT2D eigenvalue weighted by Gasteiger charge is 2.18. The van der Waals surface area contributed by atoms with Crippen LogP contribution in [0.25, 0.3) is 0 Å². The van der Waals surface area contributed by atoms with Crippen molar-refractivity contribution >= 4 is 5.91 Å². The molecule has 0 bridgehead atoms. The highest BCUT2D eigenvalue weighted by Crippen LogP contribution is 1.97. The van der Waals surface area contributed by atoms with Gasteiger partial charge in [-0.05, 0) is 5.21 Å². The van der Waals surface area contributed by atoms with Crippen molar-refractivity contribution < 1.29 is 9.53 Å². The number of nitrogens with one attached hydrogen (secondary N) is 1. The molecule has 0 aliphatic carbocycles. The maximum absolute atomic E-state index is 11.7. The van der Waals surface area contributed by atoms with Gasteiger partial charge in [0.15, 0.2) is 0 Å². The van der Waals surface area contributed by atoms with Crippen LogP contribution in [0.1, 0.15) is 10.6 Å². The Morgan fingerprint density at radius 2 is 2.53 bits per heavy atom. The van der Waals surface area contributed by atoms with Crippen LogP contribution in [-0.4, -0.2) is 58.2 Å². The van der Waals surface area contributed by atoms with Gasteiger partial charge in [0.25, 0.3) is 11.7 Å². The largest absolute Gasteiger partial charge is 0.383 e. The molecule has 0 aliphatic rings. The second-order valence-corrected chi connectivity index (χ2v) is 2.77. The van der Waals surface area contributed by atoms with Gasteiger partial charge in [-0.3, -0.25) is 4.79 Å². The summed E-state index contributed by atoms with van der Waals surface area (Å²) in [5.74, 6) is -0.242. The fourth-order valence-corrected chi connectivity index (χ4v) is 1.03. The van der Waals surface area contributed by atoms with E-state index >= 15 is 0 Å². The number of hydrogen-bond acceptors (Lipinski definition) is 5. The minimum atomic E-state index is -0.291. The van der Waals surface area contributed by atoms with Crippen molar-refractivity contribution in [3.63, 3.8) is 0 Å². The van der Waals surface area contributed by atoms with Crippen LogP contribution < -0.4 is 0 Å². The monoisotopic (exact) mass is 211 g/mol. The molecule has 7 heteroatoms. The van der Waals surface area contributed by atoms with E-state index in [4.69, 9.17) is 4.74 Å². The SMILES string of the molecule is C=CCN(CCOC)C(=O)c1nn[nH]n1. The van der Waals surface area contributed by atoms with Crippen molar-refractivity contribution in [2.75, 3.05) is 26.8 Å². The van der Waals surface area contributed by atoms with Crippen LogP contribution in [0.15, 0.2) is 12.7 Å². The van der Waals surface area contributed by atoms with Crippen LogP contribution in [-0.2, 0) is 4.74 Å². The number of carbonyl (C=O) groups is 1. The third-order valence-electron chi connectivity index (χ3n) is 1.74. The van der Waals surface area contributed by atoms with E-state index < -0.39 is 0 Å². The van der Waals surface area contributed by atoms with Crippen molar-refractivity contribution in [3.8, 4) is 0 Å². The number of aromatic amines is 1. The number of amides is 1. The minimum Gasteiger partial charge on any atom is -0.383 e. The van der Waals surface area contributed by atoms with E-state index in [1.807, 2.05) is 0 Å². The van der Waals surface area contributed by atoms with E-state index in [1.165, 1.54) is 4.90 Å². The fourth-order valence-electron chi connectivity index (χ4n) is 1.03. The van der Waals surface area contributed by atoms with Crippen LogP contribution in [0.5, 0.6) is 0 Å². The van der Waals surface area contributed by atoms with Crippen molar-refractivity contribution in [2.45, 2.75) is 0 Å². The molecule has 0 spiro atoms. The van der Waals surface area contributed by atoms with Crippen molar-refractivity contribution in [2.24, 2.45) is 0 Å². The van der Waals surface area contributed by atoms with Gasteiger partial charge in [-0.25, -0.2) is 0 Å². The highest BCUT2D eigenvalue weighted by atomic mass is 16.5. The first kappa shape index (κ1) is 11.3. The standard InChI is InChI=1S/C8H13N5O2/c1-3-4-13(5-6-15-2)8(14)7-9-11-12-10-7/h3H,1,4-6H2,2H3,(H,9,10,11,12). The van der Waals surface area contributed by atoms with Gasteiger partial charge in [0.05, 0.1) is 6.61 Å². The number of ether oxygens (including phenoxy) is 1. The number of aromatic nitrogens is 4. The Morgan fingerprint density at radius 3 is 3.07 bits per heavy atom. The molecule has 7 nitrogen and oxygen atoms in total. The first-order valence-electron chi connectivity index (χ1n) is 4.42. The molecule has 1 N–H and O–H groups in total. The lowest BCUT2D eigenvalue weighted by atomic mass is 10.4.